The Morgan fingerprint density at radius 2 is 1.76 bits per heavy atom. The fourth-order valence-electron chi connectivity index (χ4n) is 5.67. The number of para-hydroxylation sites is 2. The third-order valence-electron chi connectivity index (χ3n) is 7.32. The first-order valence-corrected chi connectivity index (χ1v) is 12.7. The smallest absolute Gasteiger partial charge is 0.307 e. The second-order valence-corrected chi connectivity index (χ2v) is 10.1. The molecule has 5 rings (SSSR count). The summed E-state index contributed by atoms with van der Waals surface area (Å²) in [4.78, 5) is 27.6. The number of benzene rings is 3. The van der Waals surface area contributed by atoms with E-state index >= 15 is 0 Å². The Hall–Kier alpha value is -4.06. The van der Waals surface area contributed by atoms with Gasteiger partial charge in [0.1, 0.15) is 12.4 Å². The van der Waals surface area contributed by atoms with Gasteiger partial charge in [-0.3, -0.25) is 14.2 Å². The summed E-state index contributed by atoms with van der Waals surface area (Å²) in [6, 6.07) is 22.2. The predicted octanol–water partition coefficient (Wildman–Crippen LogP) is 5.79. The number of rotatable bonds is 7. The van der Waals surface area contributed by atoms with Gasteiger partial charge in [0.25, 0.3) is 5.91 Å². The highest BCUT2D eigenvalue weighted by atomic mass is 16.5. The number of aryl methyl sites for hydroxylation is 1. The Morgan fingerprint density at radius 3 is 2.49 bits per heavy atom. The van der Waals surface area contributed by atoms with Crippen molar-refractivity contribution in [1.82, 2.24) is 4.57 Å². The van der Waals surface area contributed by atoms with Crippen molar-refractivity contribution < 1.29 is 19.4 Å². The normalized spacial score (nSPS) is 14.8. The van der Waals surface area contributed by atoms with E-state index < -0.39 is 5.97 Å². The Kier molecular flexibility index (Phi) is 6.50. The first kappa shape index (κ1) is 24.6. The van der Waals surface area contributed by atoms with Crippen LogP contribution < -0.4 is 9.64 Å². The van der Waals surface area contributed by atoms with Crippen molar-refractivity contribution in [3.8, 4) is 5.75 Å². The minimum atomic E-state index is -0.919. The molecule has 0 unspecified atom stereocenters. The van der Waals surface area contributed by atoms with E-state index in [9.17, 15) is 14.7 Å². The molecule has 6 heteroatoms. The molecule has 0 spiro atoms. The Bertz CT molecular complexity index is 1500. The Balaban J connectivity index is 1.38. The Morgan fingerprint density at radius 1 is 1.03 bits per heavy atom. The van der Waals surface area contributed by atoms with Gasteiger partial charge in [0.05, 0.1) is 18.0 Å². The maximum absolute atomic E-state index is 13.7. The van der Waals surface area contributed by atoms with Crippen molar-refractivity contribution in [3.63, 3.8) is 0 Å². The van der Waals surface area contributed by atoms with Gasteiger partial charge in [-0.15, -0.1) is 0 Å². The van der Waals surface area contributed by atoms with Crippen molar-refractivity contribution in [3.05, 3.63) is 94.7 Å². The lowest BCUT2D eigenvalue weighted by molar-refractivity contribution is -0.136. The highest BCUT2D eigenvalue weighted by Crippen LogP contribution is 2.34. The minimum Gasteiger partial charge on any atom is -0.491 e. The molecule has 0 fully saturated rings. The molecule has 3 aromatic carbocycles. The minimum absolute atomic E-state index is 0.128. The molecule has 1 aromatic heterocycles. The molecule has 37 heavy (non-hydrogen) atoms. The summed E-state index contributed by atoms with van der Waals surface area (Å²) < 4.78 is 7.87. The number of hydrogen-bond acceptors (Lipinski definition) is 4. The number of carbonyl (C=O) groups is 2. The predicted molar refractivity (Wildman–Crippen MR) is 146 cm³/mol. The topological polar surface area (TPSA) is 71.8 Å². The number of carboxylic acid groups (broad SMARTS) is 1. The number of hydrogen-bond donors (Lipinski definition) is 1. The zero-order valence-corrected chi connectivity index (χ0v) is 21.7. The lowest BCUT2D eigenvalue weighted by Gasteiger charge is -2.31. The molecule has 0 amide bonds. The van der Waals surface area contributed by atoms with Crippen LogP contribution in [-0.2, 0) is 17.6 Å². The standard InChI is InChI=1S/C31H32N2O4/c1-19(2)32-23(16-22-9-5-7-11-28(22)32)18-37-24-13-14-25(20(3)15-24)31(36)33-21(4)27(17-30(34)35)26-10-6-8-12-29(26)33/h5-15,19,23H,16-18H2,1-4H3,(H,34,35)/t23-/m1/s1. The highest BCUT2D eigenvalue weighted by molar-refractivity contribution is 6.05. The van der Waals surface area contributed by atoms with E-state index in [0.717, 1.165) is 28.6 Å². The van der Waals surface area contributed by atoms with Crippen LogP contribution in [0.4, 0.5) is 5.69 Å². The first-order valence-electron chi connectivity index (χ1n) is 12.7. The van der Waals surface area contributed by atoms with Gasteiger partial charge in [-0.1, -0.05) is 36.4 Å². The molecule has 0 saturated carbocycles. The van der Waals surface area contributed by atoms with Gasteiger partial charge in [-0.2, -0.15) is 0 Å². The number of anilines is 1. The Labute approximate surface area is 217 Å². The van der Waals surface area contributed by atoms with Gasteiger partial charge in [0.15, 0.2) is 0 Å². The summed E-state index contributed by atoms with van der Waals surface area (Å²) >= 11 is 0. The summed E-state index contributed by atoms with van der Waals surface area (Å²) in [5.74, 6) is -0.362. The zero-order valence-electron chi connectivity index (χ0n) is 21.7. The summed E-state index contributed by atoms with van der Waals surface area (Å²) in [6.07, 6.45) is 0.819. The van der Waals surface area contributed by atoms with Gasteiger partial charge >= 0.3 is 5.97 Å². The van der Waals surface area contributed by atoms with E-state index in [1.165, 1.54) is 11.3 Å². The molecule has 0 radical (unpaired) electrons. The van der Waals surface area contributed by atoms with Gasteiger partial charge < -0.3 is 14.7 Å². The first-order chi connectivity index (χ1) is 17.8. The SMILES string of the molecule is Cc1cc(OC[C@H]2Cc3ccccc3N2C(C)C)ccc1C(=O)n1c(C)c(CC(=O)O)c2ccccc21. The largest absolute Gasteiger partial charge is 0.491 e. The second-order valence-electron chi connectivity index (χ2n) is 10.1. The molecule has 1 aliphatic heterocycles. The maximum atomic E-state index is 13.7. The van der Waals surface area contributed by atoms with Crippen LogP contribution in [0.1, 0.15) is 46.6 Å². The molecule has 0 bridgehead atoms. The fourth-order valence-corrected chi connectivity index (χ4v) is 5.67. The number of carbonyl (C=O) groups excluding carboxylic acids is 1. The van der Waals surface area contributed by atoms with Gasteiger partial charge in [-0.05, 0) is 81.1 Å². The molecule has 6 nitrogen and oxygen atoms in total. The van der Waals surface area contributed by atoms with Crippen molar-refractivity contribution in [2.24, 2.45) is 0 Å². The molecule has 1 N–H and O–H groups in total. The van der Waals surface area contributed by atoms with Gasteiger partial charge in [-0.25, -0.2) is 0 Å². The molecular formula is C31H32N2O4. The monoisotopic (exact) mass is 496 g/mol. The van der Waals surface area contributed by atoms with Crippen molar-refractivity contribution in [2.75, 3.05) is 11.5 Å². The molecule has 2 heterocycles. The number of aliphatic carboxylic acids is 1. The average Bonchev–Trinajstić information content (AvgIpc) is 3.37. The van der Waals surface area contributed by atoms with E-state index in [0.29, 0.717) is 29.5 Å². The van der Waals surface area contributed by atoms with Crippen molar-refractivity contribution >= 4 is 28.5 Å². The highest BCUT2D eigenvalue weighted by Gasteiger charge is 2.31. The van der Waals surface area contributed by atoms with Crippen LogP contribution in [0.5, 0.6) is 5.75 Å². The lowest BCUT2D eigenvalue weighted by atomic mass is 10.1. The maximum Gasteiger partial charge on any atom is 0.307 e. The third kappa shape index (κ3) is 4.48. The van der Waals surface area contributed by atoms with E-state index in [2.05, 4.69) is 43.0 Å². The quantitative estimate of drug-likeness (QED) is 0.351. The van der Waals surface area contributed by atoms with E-state index in [1.807, 2.05) is 56.3 Å². The number of aromatic nitrogens is 1. The summed E-state index contributed by atoms with van der Waals surface area (Å²) in [5, 5.41) is 10.2. The van der Waals surface area contributed by atoms with Crippen LogP contribution in [0.3, 0.4) is 0 Å². The van der Waals surface area contributed by atoms with Crippen LogP contribution in [0.15, 0.2) is 66.7 Å². The number of nitrogens with zero attached hydrogens (tertiary/aromatic N) is 2. The number of ether oxygens (including phenoxy) is 1. The summed E-state index contributed by atoms with van der Waals surface area (Å²) in [5.41, 5.74) is 6.04. The molecule has 0 aliphatic carbocycles. The van der Waals surface area contributed by atoms with Crippen molar-refractivity contribution in [1.29, 1.82) is 0 Å². The van der Waals surface area contributed by atoms with E-state index in [-0.39, 0.29) is 18.4 Å². The van der Waals surface area contributed by atoms with Crippen molar-refractivity contribution in [2.45, 2.75) is 52.6 Å². The molecule has 1 aliphatic rings. The van der Waals surface area contributed by atoms with Crippen LogP contribution in [0.2, 0.25) is 0 Å². The number of carboxylic acids is 1. The summed E-state index contributed by atoms with van der Waals surface area (Å²) in [6.45, 7) is 8.68. The zero-order chi connectivity index (χ0) is 26.3. The lowest BCUT2D eigenvalue weighted by Crippen LogP contribution is -2.41. The van der Waals surface area contributed by atoms with Crippen LogP contribution in [-0.4, -0.2) is 40.2 Å². The van der Waals surface area contributed by atoms with Gasteiger partial charge in [0.2, 0.25) is 0 Å². The third-order valence-corrected chi connectivity index (χ3v) is 7.32. The molecule has 1 atom stereocenters. The molecular weight excluding hydrogens is 464 g/mol. The van der Waals surface area contributed by atoms with Crippen LogP contribution in [0.25, 0.3) is 10.9 Å². The molecule has 190 valence electrons. The summed E-state index contributed by atoms with van der Waals surface area (Å²) in [7, 11) is 0. The van der Waals surface area contributed by atoms with Crippen LogP contribution >= 0.6 is 0 Å². The van der Waals surface area contributed by atoms with Gasteiger partial charge in [0, 0.05) is 28.4 Å². The molecule has 0 saturated heterocycles. The van der Waals surface area contributed by atoms with E-state index in [4.69, 9.17) is 4.74 Å². The fraction of sp³-hybridized carbons (Fsp3) is 0.290. The van der Waals surface area contributed by atoms with E-state index in [1.54, 1.807) is 4.57 Å². The number of fused-ring (bicyclic) bond motifs is 2. The second kappa shape index (κ2) is 9.77. The average molecular weight is 497 g/mol. The molecule has 4 aromatic rings. The van der Waals surface area contributed by atoms with Crippen LogP contribution in [0, 0.1) is 13.8 Å².